The smallest absolute Gasteiger partial charge is 0.409 e. The molecule has 1 aliphatic rings. The van der Waals surface area contributed by atoms with E-state index in [9.17, 15) is 9.35 Å². The van der Waals surface area contributed by atoms with Crippen LogP contribution in [-0.2, 0) is 15.9 Å². The number of likely N-dealkylation sites (N-methyl/N-ethyl adjacent to an activating group) is 1. The van der Waals surface area contributed by atoms with Crippen LogP contribution < -0.4 is 0 Å². The summed E-state index contributed by atoms with van der Waals surface area (Å²) < 4.78 is 23.5. The summed E-state index contributed by atoms with van der Waals surface area (Å²) in [6.45, 7) is 2.24. The molecule has 0 spiro atoms. The first-order valence-corrected chi connectivity index (χ1v) is 14.4. The molecule has 0 radical (unpaired) electrons. The van der Waals surface area contributed by atoms with Gasteiger partial charge in [-0.2, -0.15) is 0 Å². The Kier molecular flexibility index (Phi) is 9.19. The second kappa shape index (κ2) is 12.3. The molecule has 0 saturated carbocycles. The number of carbonyl (C=O) groups excluding carboxylic acids is 1. The molecular formula is C25H29ClN4O4S2. The second-order valence-corrected chi connectivity index (χ2v) is 11.6. The highest BCUT2D eigenvalue weighted by molar-refractivity contribution is 7.99. The Morgan fingerprint density at radius 1 is 1.25 bits per heavy atom. The van der Waals surface area contributed by atoms with Crippen LogP contribution in [0.3, 0.4) is 0 Å². The molecule has 192 valence electrons. The van der Waals surface area contributed by atoms with Crippen molar-refractivity contribution in [1.29, 1.82) is 0 Å². The topological polar surface area (TPSA) is 94.8 Å². The summed E-state index contributed by atoms with van der Waals surface area (Å²) in [5.41, 5.74) is 1.59. The van der Waals surface area contributed by atoms with E-state index in [0.717, 1.165) is 28.3 Å². The van der Waals surface area contributed by atoms with Gasteiger partial charge < -0.3 is 23.5 Å². The normalized spacial score (nSPS) is 15.3. The van der Waals surface area contributed by atoms with Gasteiger partial charge in [0.05, 0.1) is 5.02 Å². The van der Waals surface area contributed by atoms with E-state index < -0.39 is 11.2 Å². The molecule has 11 heteroatoms. The number of pyridine rings is 1. The van der Waals surface area contributed by atoms with Gasteiger partial charge in [0.25, 0.3) is 0 Å². The van der Waals surface area contributed by atoms with Gasteiger partial charge in [0.2, 0.25) is 0 Å². The molecule has 0 N–H and O–H groups in total. The first-order valence-electron chi connectivity index (χ1n) is 11.6. The number of nitrogens with zero attached hydrogens (tertiary/aromatic N) is 4. The number of rotatable bonds is 8. The summed E-state index contributed by atoms with van der Waals surface area (Å²) >= 11 is 6.31. The molecule has 3 heterocycles. The van der Waals surface area contributed by atoms with Crippen LogP contribution in [0.25, 0.3) is 11.3 Å². The maximum atomic E-state index is 12.4. The third kappa shape index (κ3) is 6.95. The van der Waals surface area contributed by atoms with Crippen molar-refractivity contribution in [3.8, 4) is 11.3 Å². The van der Waals surface area contributed by atoms with Crippen LogP contribution >= 0.6 is 23.4 Å². The van der Waals surface area contributed by atoms with Crippen LogP contribution in [0.5, 0.6) is 0 Å². The molecule has 1 aliphatic heterocycles. The maximum Gasteiger partial charge on any atom is 0.409 e. The third-order valence-electron chi connectivity index (χ3n) is 5.84. The summed E-state index contributed by atoms with van der Waals surface area (Å²) in [5.74, 6) is 0.731. The van der Waals surface area contributed by atoms with Gasteiger partial charge in [-0.25, -0.2) is 14.8 Å². The van der Waals surface area contributed by atoms with Crippen LogP contribution in [0.4, 0.5) is 4.79 Å². The van der Waals surface area contributed by atoms with Gasteiger partial charge in [0, 0.05) is 37.3 Å². The molecule has 0 aliphatic carbocycles. The van der Waals surface area contributed by atoms with Gasteiger partial charge in [0.1, 0.15) is 23.6 Å². The van der Waals surface area contributed by atoms with Gasteiger partial charge in [-0.15, -0.1) is 0 Å². The monoisotopic (exact) mass is 548 g/mol. The first-order chi connectivity index (χ1) is 17.3. The lowest BCUT2D eigenvalue weighted by Gasteiger charge is -2.30. The van der Waals surface area contributed by atoms with E-state index in [1.54, 1.807) is 23.4 Å². The number of carbonyl (C=O) groups is 1. The predicted molar refractivity (Wildman–Crippen MR) is 141 cm³/mol. The maximum absolute atomic E-state index is 12.4. The second-order valence-electron chi connectivity index (χ2n) is 8.76. The molecule has 1 fully saturated rings. The van der Waals surface area contributed by atoms with E-state index in [1.807, 2.05) is 49.3 Å². The molecule has 1 unspecified atom stereocenters. The van der Waals surface area contributed by atoms with Gasteiger partial charge in [-0.3, -0.25) is 0 Å². The van der Waals surface area contributed by atoms with Crippen molar-refractivity contribution in [3.05, 3.63) is 53.5 Å². The van der Waals surface area contributed by atoms with E-state index in [4.69, 9.17) is 25.7 Å². The van der Waals surface area contributed by atoms with Crippen LogP contribution in [0.15, 0.2) is 62.0 Å². The lowest BCUT2D eigenvalue weighted by Crippen LogP contribution is -2.39. The van der Waals surface area contributed by atoms with Gasteiger partial charge in [0.15, 0.2) is 15.9 Å². The fraction of sp³-hybridized carbons (Fsp3) is 0.400. The van der Waals surface area contributed by atoms with E-state index >= 15 is 0 Å². The first kappa shape index (κ1) is 26.8. The van der Waals surface area contributed by atoms with Crippen molar-refractivity contribution in [3.63, 3.8) is 0 Å². The Morgan fingerprint density at radius 2 is 1.97 bits per heavy atom. The van der Waals surface area contributed by atoms with Crippen molar-refractivity contribution < 1.29 is 18.5 Å². The molecule has 1 amide bonds. The van der Waals surface area contributed by atoms with Crippen molar-refractivity contribution in [2.45, 2.75) is 33.8 Å². The highest BCUT2D eigenvalue weighted by atomic mass is 35.5. The zero-order valence-electron chi connectivity index (χ0n) is 20.5. The van der Waals surface area contributed by atoms with Gasteiger partial charge in [-0.05, 0) is 86.3 Å². The van der Waals surface area contributed by atoms with Crippen molar-refractivity contribution in [2.75, 3.05) is 46.6 Å². The lowest BCUT2D eigenvalue weighted by atomic mass is 9.97. The zero-order chi connectivity index (χ0) is 25.7. The molecular weight excluding hydrogens is 520 g/mol. The van der Waals surface area contributed by atoms with Crippen molar-refractivity contribution in [1.82, 2.24) is 19.8 Å². The van der Waals surface area contributed by atoms with E-state index in [2.05, 4.69) is 4.98 Å². The largest absolute Gasteiger partial charge is 0.612 e. The average molecular weight is 549 g/mol. The number of oxazole rings is 1. The number of ether oxygens (including phenoxy) is 1. The molecule has 1 saturated heterocycles. The average Bonchev–Trinajstić information content (AvgIpc) is 3.29. The quantitative estimate of drug-likeness (QED) is 0.356. The molecule has 2 aromatic heterocycles. The van der Waals surface area contributed by atoms with Crippen LogP contribution in [-0.4, -0.2) is 77.0 Å². The number of piperidine rings is 1. The fourth-order valence-corrected chi connectivity index (χ4v) is 5.24. The Morgan fingerprint density at radius 3 is 2.58 bits per heavy atom. The summed E-state index contributed by atoms with van der Waals surface area (Å²) in [6, 6.07) is 11.1. The number of amides is 1. The zero-order valence-corrected chi connectivity index (χ0v) is 22.9. The summed E-state index contributed by atoms with van der Waals surface area (Å²) in [5, 5.41) is 1.94. The summed E-state index contributed by atoms with van der Waals surface area (Å²) in [4.78, 5) is 26.1. The van der Waals surface area contributed by atoms with Crippen LogP contribution in [0, 0.1) is 0 Å². The predicted octanol–water partition coefficient (Wildman–Crippen LogP) is 5.16. The Bertz CT molecular complexity index is 1150. The van der Waals surface area contributed by atoms with E-state index in [1.165, 1.54) is 11.8 Å². The lowest BCUT2D eigenvalue weighted by molar-refractivity contribution is 0.0856. The molecule has 8 nitrogen and oxygen atoms in total. The van der Waals surface area contributed by atoms with E-state index in [0.29, 0.717) is 47.9 Å². The summed E-state index contributed by atoms with van der Waals surface area (Å²) in [7, 11) is 3.89. The van der Waals surface area contributed by atoms with E-state index in [-0.39, 0.29) is 12.0 Å². The van der Waals surface area contributed by atoms with Crippen molar-refractivity contribution in [2.24, 2.45) is 0 Å². The Labute approximate surface area is 223 Å². The molecule has 36 heavy (non-hydrogen) atoms. The third-order valence-corrected chi connectivity index (χ3v) is 7.91. The number of halogens is 1. The van der Waals surface area contributed by atoms with Crippen LogP contribution in [0.1, 0.15) is 24.7 Å². The number of hydrogen-bond acceptors (Lipinski definition) is 8. The molecule has 3 aromatic rings. The molecule has 0 bridgehead atoms. The number of aromatic nitrogens is 2. The molecule has 4 rings (SSSR count). The Hall–Kier alpha value is -2.24. The number of benzene rings is 1. The Balaban J connectivity index is 1.50. The molecule has 1 atom stereocenters. The minimum Gasteiger partial charge on any atom is -0.612 e. The van der Waals surface area contributed by atoms with Gasteiger partial charge in [-0.1, -0.05) is 11.6 Å². The number of hydrogen-bond donors (Lipinski definition) is 0. The molecule has 1 aromatic carbocycles. The van der Waals surface area contributed by atoms with Crippen molar-refractivity contribution >= 4 is 40.6 Å². The highest BCUT2D eigenvalue weighted by Crippen LogP contribution is 2.39. The van der Waals surface area contributed by atoms with Gasteiger partial charge >= 0.3 is 6.09 Å². The van der Waals surface area contributed by atoms with Crippen LogP contribution in [0.2, 0.25) is 5.02 Å². The minimum absolute atomic E-state index is 0.0875. The SMILES string of the molecule is CN(C)CCOC(=O)N1CCC(c2nc(-c3ccc([S+](C)[O-])cc3)c(Sc3ccc(Cl)cn3)o2)CC1. The highest BCUT2D eigenvalue weighted by Gasteiger charge is 2.29. The summed E-state index contributed by atoms with van der Waals surface area (Å²) in [6.07, 6.45) is 4.45. The standard InChI is InChI=1S/C25H29ClN4O4S2/c1-29(2)14-15-33-25(31)30-12-10-18(11-13-30)23-28-22(17-4-7-20(8-5-17)36(3)32)24(34-23)35-21-9-6-19(26)16-27-21/h4-9,16,18H,10-15H2,1-3H3. The fourth-order valence-electron chi connectivity index (χ4n) is 3.79. The minimum atomic E-state index is -1.06. The number of likely N-dealkylation sites (tertiary alicyclic amines) is 1.